The summed E-state index contributed by atoms with van der Waals surface area (Å²) in [5.41, 5.74) is 6.26. The van der Waals surface area contributed by atoms with E-state index < -0.39 is 19.8 Å². The molecule has 24 heavy (non-hydrogen) atoms. The Bertz CT molecular complexity index is 919. The van der Waals surface area contributed by atoms with Gasteiger partial charge in [-0.3, -0.25) is 9.20 Å². The highest BCUT2D eigenvalue weighted by Crippen LogP contribution is 2.45. The predicted octanol–water partition coefficient (Wildman–Crippen LogP) is 2.94. The van der Waals surface area contributed by atoms with Crippen LogP contribution in [0.5, 0.6) is 0 Å². The van der Waals surface area contributed by atoms with Crippen LogP contribution in [0.25, 0.3) is 10.4 Å². The van der Waals surface area contributed by atoms with Gasteiger partial charge >= 0.3 is 0 Å². The molecule has 2 N–H and O–H groups in total. The summed E-state index contributed by atoms with van der Waals surface area (Å²) in [4.78, 5) is 14.5. The third-order valence-electron chi connectivity index (χ3n) is 4.45. The third-order valence-corrected chi connectivity index (χ3v) is 9.39. The Labute approximate surface area is 151 Å². The maximum atomic E-state index is 13.1. The molecule has 2 aromatic rings. The monoisotopic (exact) mass is 382 g/mol. The van der Waals surface area contributed by atoms with Crippen molar-refractivity contribution < 1.29 is 4.21 Å². The van der Waals surface area contributed by atoms with Gasteiger partial charge in [0.25, 0.3) is 0 Å². The van der Waals surface area contributed by atoms with E-state index in [1.807, 2.05) is 26.8 Å². The zero-order valence-electron chi connectivity index (χ0n) is 13.7. The van der Waals surface area contributed by atoms with E-state index >= 15 is 0 Å². The van der Waals surface area contributed by atoms with Crippen molar-refractivity contribution in [3.05, 3.63) is 34.7 Å². The van der Waals surface area contributed by atoms with Gasteiger partial charge in [0.1, 0.15) is 17.7 Å². The average Bonchev–Trinajstić information content (AvgIpc) is 2.89. The lowest BCUT2D eigenvalue weighted by atomic mass is 10.0. The standard InChI is InChI=1S/C16H19ClN4OS2/c1-15(2)14(18)21-16(3,8-24(15,4)22)13-11(17)5-12(23-13)10-6-19-9-20-7-10/h5-7,9H,4,8H2,1-3H3,(H2,18,21)/t16-,24?/m0/s1. The normalized spacial score (nSPS) is 29.2. The molecule has 0 aromatic carbocycles. The quantitative estimate of drug-likeness (QED) is 0.809. The summed E-state index contributed by atoms with van der Waals surface area (Å²) in [6, 6.07) is 1.86. The summed E-state index contributed by atoms with van der Waals surface area (Å²) < 4.78 is 12.4. The lowest BCUT2D eigenvalue weighted by Gasteiger charge is -2.40. The number of thiophene rings is 1. The molecule has 0 spiro atoms. The molecule has 3 heterocycles. The second-order valence-corrected chi connectivity index (χ2v) is 11.0. The van der Waals surface area contributed by atoms with Gasteiger partial charge in [-0.2, -0.15) is 0 Å². The molecule has 1 unspecified atom stereocenters. The highest BCUT2D eigenvalue weighted by molar-refractivity contribution is 8.02. The first-order chi connectivity index (χ1) is 11.1. The average molecular weight is 383 g/mol. The minimum Gasteiger partial charge on any atom is -0.386 e. The van der Waals surface area contributed by atoms with Crippen LogP contribution in [0.2, 0.25) is 5.02 Å². The first-order valence-corrected chi connectivity index (χ1v) is 10.4. The van der Waals surface area contributed by atoms with Crippen LogP contribution < -0.4 is 5.73 Å². The number of nitrogens with zero attached hydrogens (tertiary/aromatic N) is 3. The molecule has 0 saturated heterocycles. The van der Waals surface area contributed by atoms with Crippen LogP contribution in [-0.2, 0) is 15.1 Å². The van der Waals surface area contributed by atoms with Crippen molar-refractivity contribution in [1.29, 1.82) is 0 Å². The highest BCUT2D eigenvalue weighted by Gasteiger charge is 2.46. The van der Waals surface area contributed by atoms with Crippen molar-refractivity contribution in [2.75, 3.05) is 5.75 Å². The van der Waals surface area contributed by atoms with Crippen LogP contribution in [0.3, 0.4) is 0 Å². The molecule has 0 fully saturated rings. The Morgan fingerprint density at radius 1 is 1.33 bits per heavy atom. The zero-order chi connectivity index (χ0) is 17.8. The summed E-state index contributed by atoms with van der Waals surface area (Å²) in [5, 5.41) is 0.577. The van der Waals surface area contributed by atoms with Gasteiger partial charge in [-0.25, -0.2) is 9.97 Å². The van der Waals surface area contributed by atoms with Crippen LogP contribution >= 0.6 is 22.9 Å². The van der Waals surface area contributed by atoms with E-state index in [4.69, 9.17) is 17.3 Å². The van der Waals surface area contributed by atoms with Crippen molar-refractivity contribution in [1.82, 2.24) is 9.97 Å². The summed E-state index contributed by atoms with van der Waals surface area (Å²) >= 11 is 7.97. The van der Waals surface area contributed by atoms with E-state index in [1.165, 1.54) is 17.7 Å². The molecule has 0 saturated carbocycles. The smallest absolute Gasteiger partial charge is 0.115 e. The van der Waals surface area contributed by atoms with Crippen molar-refractivity contribution in [2.45, 2.75) is 31.1 Å². The molecule has 0 radical (unpaired) electrons. The van der Waals surface area contributed by atoms with Crippen molar-refractivity contribution in [3.63, 3.8) is 0 Å². The predicted molar refractivity (Wildman–Crippen MR) is 104 cm³/mol. The molecule has 128 valence electrons. The SMILES string of the molecule is C=S1(=O)C[C@@](C)(c2sc(-c3cncnc3)cc2Cl)N=C(N)C1(C)C. The van der Waals surface area contributed by atoms with Crippen LogP contribution in [0.1, 0.15) is 25.6 Å². The van der Waals surface area contributed by atoms with E-state index in [1.54, 1.807) is 12.4 Å². The lowest BCUT2D eigenvalue weighted by Crippen LogP contribution is -2.54. The molecule has 2 aromatic heterocycles. The minimum atomic E-state index is -2.47. The Morgan fingerprint density at radius 3 is 2.54 bits per heavy atom. The van der Waals surface area contributed by atoms with Crippen molar-refractivity contribution >= 4 is 44.2 Å². The summed E-state index contributed by atoms with van der Waals surface area (Å²) in [5.74, 6) is 4.61. The van der Waals surface area contributed by atoms with Crippen molar-refractivity contribution in [3.8, 4) is 10.4 Å². The molecule has 5 nitrogen and oxygen atoms in total. The number of halogens is 1. The molecule has 0 aliphatic carbocycles. The van der Waals surface area contributed by atoms with Crippen LogP contribution in [0.4, 0.5) is 0 Å². The molecule has 0 bridgehead atoms. The molecule has 8 heteroatoms. The molecule has 1 aliphatic heterocycles. The van der Waals surface area contributed by atoms with Crippen LogP contribution in [-0.4, -0.2) is 36.4 Å². The Balaban J connectivity index is 2.13. The third kappa shape index (κ3) is 2.64. The molecular formula is C16H19ClN4OS2. The van der Waals surface area contributed by atoms with E-state index in [-0.39, 0.29) is 0 Å². The fourth-order valence-corrected chi connectivity index (χ4v) is 6.28. The number of hydrogen-bond acceptors (Lipinski definition) is 6. The summed E-state index contributed by atoms with van der Waals surface area (Å²) in [6.07, 6.45) is 4.94. The van der Waals surface area contributed by atoms with Gasteiger partial charge in [0, 0.05) is 28.6 Å². The molecule has 3 rings (SSSR count). The number of aromatic nitrogens is 2. The first kappa shape index (κ1) is 17.4. The van der Waals surface area contributed by atoms with Gasteiger partial charge in [-0.1, -0.05) is 11.6 Å². The molecular weight excluding hydrogens is 364 g/mol. The molecule has 1 aliphatic rings. The zero-order valence-corrected chi connectivity index (χ0v) is 16.1. The number of rotatable bonds is 2. The molecule has 2 atom stereocenters. The van der Waals surface area contributed by atoms with Gasteiger partial charge in [0.2, 0.25) is 0 Å². The topological polar surface area (TPSA) is 81.2 Å². The Morgan fingerprint density at radius 2 is 1.96 bits per heavy atom. The lowest BCUT2D eigenvalue weighted by molar-refractivity contribution is 0.543. The van der Waals surface area contributed by atoms with E-state index in [0.29, 0.717) is 16.6 Å². The van der Waals surface area contributed by atoms with E-state index in [2.05, 4.69) is 20.8 Å². The first-order valence-electron chi connectivity index (χ1n) is 7.32. The Kier molecular flexibility index (Phi) is 4.01. The number of nitrogens with two attached hydrogens (primary N) is 1. The maximum absolute atomic E-state index is 13.1. The number of hydrogen-bond donors (Lipinski definition) is 1. The van der Waals surface area contributed by atoms with Crippen molar-refractivity contribution in [2.24, 2.45) is 10.7 Å². The second kappa shape index (κ2) is 5.54. The van der Waals surface area contributed by atoms with E-state index in [0.717, 1.165) is 15.3 Å². The Hall–Kier alpha value is -1.44. The largest absolute Gasteiger partial charge is 0.386 e. The maximum Gasteiger partial charge on any atom is 0.115 e. The second-order valence-electron chi connectivity index (χ2n) is 6.65. The van der Waals surface area contributed by atoms with Gasteiger partial charge < -0.3 is 5.73 Å². The summed E-state index contributed by atoms with van der Waals surface area (Å²) in [6.45, 7) is 5.55. The van der Waals surface area contributed by atoms with Gasteiger partial charge in [-0.15, -0.1) is 11.3 Å². The van der Waals surface area contributed by atoms with Gasteiger partial charge in [0.15, 0.2) is 0 Å². The fraction of sp³-hybridized carbons (Fsp3) is 0.375. The fourth-order valence-electron chi connectivity index (χ4n) is 2.68. The van der Waals surface area contributed by atoms with Gasteiger partial charge in [-0.05, 0) is 42.2 Å². The minimum absolute atomic E-state index is 0.304. The summed E-state index contributed by atoms with van der Waals surface area (Å²) in [7, 11) is -2.47. The number of aliphatic imine (C=N–C) groups is 1. The van der Waals surface area contributed by atoms with Crippen LogP contribution in [0, 0.1) is 0 Å². The number of amidine groups is 1. The van der Waals surface area contributed by atoms with Gasteiger partial charge in [0.05, 0.1) is 14.6 Å². The highest BCUT2D eigenvalue weighted by atomic mass is 35.5. The van der Waals surface area contributed by atoms with E-state index in [9.17, 15) is 4.21 Å². The van der Waals surface area contributed by atoms with Crippen LogP contribution in [0.15, 0.2) is 29.8 Å². The molecule has 0 amide bonds.